The summed E-state index contributed by atoms with van der Waals surface area (Å²) >= 11 is 0. The summed E-state index contributed by atoms with van der Waals surface area (Å²) in [5, 5.41) is 10.1. The lowest BCUT2D eigenvalue weighted by Gasteiger charge is -2.38. The zero-order chi connectivity index (χ0) is 22.7. The third-order valence-electron chi connectivity index (χ3n) is 5.47. The lowest BCUT2D eigenvalue weighted by atomic mass is 10.0. The lowest BCUT2D eigenvalue weighted by molar-refractivity contribution is -0.122. The highest BCUT2D eigenvalue weighted by molar-refractivity contribution is 14.0. The van der Waals surface area contributed by atoms with E-state index in [-0.39, 0.29) is 41.5 Å². The van der Waals surface area contributed by atoms with Crippen molar-refractivity contribution in [1.82, 2.24) is 25.8 Å². The predicted octanol–water partition coefficient (Wildman–Crippen LogP) is 1.69. The SMILES string of the molecule is CN=C(NCC(C)(C)NC(C)c1ccccc1)N1CCN(CC(=O)NCCOC)CC1.I. The summed E-state index contributed by atoms with van der Waals surface area (Å²) in [6, 6.07) is 10.8. The summed E-state index contributed by atoms with van der Waals surface area (Å²) in [5.74, 6) is 0.958. The van der Waals surface area contributed by atoms with Gasteiger partial charge in [0.25, 0.3) is 0 Å². The van der Waals surface area contributed by atoms with Gasteiger partial charge in [-0.25, -0.2) is 0 Å². The zero-order valence-electron chi connectivity index (χ0n) is 20.2. The zero-order valence-corrected chi connectivity index (χ0v) is 22.5. The number of methoxy groups -OCH3 is 1. The molecule has 1 aliphatic heterocycles. The molecule has 1 amide bonds. The Morgan fingerprint density at radius 2 is 1.81 bits per heavy atom. The highest BCUT2D eigenvalue weighted by Gasteiger charge is 2.24. The number of amides is 1. The van der Waals surface area contributed by atoms with Gasteiger partial charge in [0.15, 0.2) is 5.96 Å². The van der Waals surface area contributed by atoms with Crippen molar-refractivity contribution in [3.8, 4) is 0 Å². The molecule has 9 heteroatoms. The summed E-state index contributed by atoms with van der Waals surface area (Å²) in [6.45, 7) is 12.2. The van der Waals surface area contributed by atoms with Crippen LogP contribution in [0.1, 0.15) is 32.4 Å². The summed E-state index contributed by atoms with van der Waals surface area (Å²) in [5.41, 5.74) is 1.18. The first-order chi connectivity index (χ1) is 14.8. The van der Waals surface area contributed by atoms with Gasteiger partial charge in [0.2, 0.25) is 5.91 Å². The Morgan fingerprint density at radius 1 is 1.16 bits per heavy atom. The number of carbonyl (C=O) groups excluding carboxylic acids is 1. The Morgan fingerprint density at radius 3 is 2.41 bits per heavy atom. The van der Waals surface area contributed by atoms with E-state index in [1.54, 1.807) is 7.11 Å². The molecule has 2 rings (SSSR count). The van der Waals surface area contributed by atoms with Crippen molar-refractivity contribution < 1.29 is 9.53 Å². The van der Waals surface area contributed by atoms with Crippen molar-refractivity contribution >= 4 is 35.8 Å². The Kier molecular flexibility index (Phi) is 13.1. The van der Waals surface area contributed by atoms with Crippen molar-refractivity contribution in [2.75, 3.05) is 66.6 Å². The van der Waals surface area contributed by atoms with Gasteiger partial charge in [-0.15, -0.1) is 24.0 Å². The predicted molar refractivity (Wildman–Crippen MR) is 142 cm³/mol. The molecule has 3 N–H and O–H groups in total. The topological polar surface area (TPSA) is 81.2 Å². The van der Waals surface area contributed by atoms with E-state index in [1.807, 2.05) is 13.1 Å². The minimum Gasteiger partial charge on any atom is -0.383 e. The molecule has 182 valence electrons. The molecule has 1 aromatic carbocycles. The van der Waals surface area contributed by atoms with Crippen molar-refractivity contribution in [1.29, 1.82) is 0 Å². The van der Waals surface area contributed by atoms with Crippen molar-refractivity contribution in [2.24, 2.45) is 4.99 Å². The van der Waals surface area contributed by atoms with E-state index in [0.717, 1.165) is 38.7 Å². The molecule has 0 saturated carbocycles. The van der Waals surface area contributed by atoms with Crippen molar-refractivity contribution in [3.05, 3.63) is 35.9 Å². The second-order valence-electron chi connectivity index (χ2n) is 8.67. The van der Waals surface area contributed by atoms with Crippen molar-refractivity contribution in [2.45, 2.75) is 32.4 Å². The highest BCUT2D eigenvalue weighted by Crippen LogP contribution is 2.16. The minimum atomic E-state index is -0.104. The maximum atomic E-state index is 12.0. The molecular weight excluding hydrogens is 519 g/mol. The summed E-state index contributed by atoms with van der Waals surface area (Å²) in [4.78, 5) is 20.9. The molecule has 0 radical (unpaired) electrons. The van der Waals surface area contributed by atoms with Crippen LogP contribution in [0.3, 0.4) is 0 Å². The standard InChI is InChI=1S/C23H40N6O2.HI/c1-19(20-9-7-6-8-10-20)27-23(2,3)18-26-22(24-4)29-14-12-28(13-15-29)17-21(30)25-11-16-31-5;/h6-10,19,27H,11-18H2,1-5H3,(H,24,26)(H,25,30);1H. The van der Waals surface area contributed by atoms with Gasteiger partial charge in [0.1, 0.15) is 0 Å². The van der Waals surface area contributed by atoms with Crippen LogP contribution >= 0.6 is 24.0 Å². The van der Waals surface area contributed by atoms with Crippen LogP contribution in [0.25, 0.3) is 0 Å². The van der Waals surface area contributed by atoms with Crippen LogP contribution in [0.4, 0.5) is 0 Å². The number of piperazine rings is 1. The van der Waals surface area contributed by atoms with Crippen LogP contribution in [0, 0.1) is 0 Å². The normalized spacial score (nSPS) is 16.3. The number of carbonyl (C=O) groups is 1. The number of hydrogen-bond donors (Lipinski definition) is 3. The smallest absolute Gasteiger partial charge is 0.234 e. The first kappa shape index (κ1) is 28.6. The second-order valence-corrected chi connectivity index (χ2v) is 8.67. The summed E-state index contributed by atoms with van der Waals surface area (Å²) in [7, 11) is 3.46. The van der Waals surface area contributed by atoms with Gasteiger partial charge in [-0.1, -0.05) is 30.3 Å². The van der Waals surface area contributed by atoms with Gasteiger partial charge in [-0.05, 0) is 26.3 Å². The molecule has 1 saturated heterocycles. The van der Waals surface area contributed by atoms with E-state index < -0.39 is 0 Å². The molecule has 1 aromatic rings. The van der Waals surface area contributed by atoms with E-state index in [2.05, 4.69) is 75.8 Å². The van der Waals surface area contributed by atoms with E-state index in [0.29, 0.717) is 19.7 Å². The molecule has 8 nitrogen and oxygen atoms in total. The number of nitrogens with one attached hydrogen (secondary N) is 3. The van der Waals surface area contributed by atoms with E-state index >= 15 is 0 Å². The molecule has 1 atom stereocenters. The number of aliphatic imine (C=N–C) groups is 1. The molecule has 32 heavy (non-hydrogen) atoms. The van der Waals surface area contributed by atoms with Crippen LogP contribution in [-0.2, 0) is 9.53 Å². The number of halogens is 1. The first-order valence-electron chi connectivity index (χ1n) is 11.1. The van der Waals surface area contributed by atoms with Gasteiger partial charge >= 0.3 is 0 Å². The van der Waals surface area contributed by atoms with Crippen LogP contribution in [0.2, 0.25) is 0 Å². The number of nitrogens with zero attached hydrogens (tertiary/aromatic N) is 3. The summed E-state index contributed by atoms with van der Waals surface area (Å²) < 4.78 is 4.97. The lowest BCUT2D eigenvalue weighted by Crippen LogP contribution is -2.57. The first-order valence-corrected chi connectivity index (χ1v) is 11.1. The minimum absolute atomic E-state index is 0. The maximum absolute atomic E-state index is 12.0. The van der Waals surface area contributed by atoms with Crippen molar-refractivity contribution in [3.63, 3.8) is 0 Å². The van der Waals surface area contributed by atoms with Gasteiger partial charge < -0.3 is 25.6 Å². The number of benzene rings is 1. The quantitative estimate of drug-likeness (QED) is 0.175. The van der Waals surface area contributed by atoms with Gasteiger partial charge in [-0.3, -0.25) is 14.7 Å². The fourth-order valence-corrected chi connectivity index (χ4v) is 3.76. The van der Waals surface area contributed by atoms with Crippen LogP contribution in [0.5, 0.6) is 0 Å². The molecule has 1 aliphatic rings. The fourth-order valence-electron chi connectivity index (χ4n) is 3.76. The third kappa shape index (κ3) is 10.0. The molecule has 0 spiro atoms. The Balaban J connectivity index is 0.00000512. The van der Waals surface area contributed by atoms with E-state index in [4.69, 9.17) is 4.74 Å². The molecule has 0 bridgehead atoms. The van der Waals surface area contributed by atoms with Gasteiger partial charge in [-0.2, -0.15) is 0 Å². The summed E-state index contributed by atoms with van der Waals surface area (Å²) in [6.07, 6.45) is 0. The second kappa shape index (κ2) is 14.7. The van der Waals surface area contributed by atoms with E-state index in [1.165, 1.54) is 5.56 Å². The van der Waals surface area contributed by atoms with E-state index in [9.17, 15) is 4.79 Å². The largest absolute Gasteiger partial charge is 0.383 e. The molecule has 0 aliphatic carbocycles. The molecule has 1 heterocycles. The third-order valence-corrected chi connectivity index (χ3v) is 5.47. The monoisotopic (exact) mass is 560 g/mol. The molecule has 1 unspecified atom stereocenters. The fraction of sp³-hybridized carbons (Fsp3) is 0.652. The Labute approximate surface area is 210 Å². The van der Waals surface area contributed by atoms with Gasteiger partial charge in [0.05, 0.1) is 13.2 Å². The maximum Gasteiger partial charge on any atom is 0.234 e. The average molecular weight is 561 g/mol. The molecule has 1 fully saturated rings. The average Bonchev–Trinajstić information content (AvgIpc) is 2.75. The van der Waals surface area contributed by atoms with Crippen LogP contribution in [-0.4, -0.2) is 93.8 Å². The molecule has 0 aromatic heterocycles. The Bertz CT molecular complexity index is 693. The Hall–Kier alpha value is -1.43. The van der Waals surface area contributed by atoms with Crippen LogP contribution in [0.15, 0.2) is 35.3 Å². The molecular formula is C23H41IN6O2. The number of rotatable bonds is 10. The number of ether oxygens (including phenoxy) is 1. The number of guanidine groups is 1. The van der Waals surface area contributed by atoms with Gasteiger partial charge in [0, 0.05) is 65.0 Å². The highest BCUT2D eigenvalue weighted by atomic mass is 127. The van der Waals surface area contributed by atoms with Crippen LogP contribution < -0.4 is 16.0 Å². The number of hydrogen-bond acceptors (Lipinski definition) is 5.